The van der Waals surface area contributed by atoms with Crippen LogP contribution >= 0.6 is 24.8 Å². The molecule has 5 nitrogen and oxygen atoms in total. The van der Waals surface area contributed by atoms with E-state index in [4.69, 9.17) is 5.11 Å². The summed E-state index contributed by atoms with van der Waals surface area (Å²) in [7, 11) is 0. The summed E-state index contributed by atoms with van der Waals surface area (Å²) < 4.78 is 0. The molecular weight excluding hydrogens is 241 g/mol. The number of carbonyl (C=O) groups is 1. The molecule has 0 atom stereocenters. The highest BCUT2D eigenvalue weighted by Gasteiger charge is 2.34. The fourth-order valence-corrected chi connectivity index (χ4v) is 1.89. The number of carboxylic acid groups (broad SMARTS) is 1. The highest BCUT2D eigenvalue weighted by molar-refractivity contribution is 5.85. The molecule has 0 spiro atoms. The largest absolute Gasteiger partial charge is 0.465 e. The van der Waals surface area contributed by atoms with Crippen LogP contribution in [0.25, 0.3) is 0 Å². The summed E-state index contributed by atoms with van der Waals surface area (Å²) in [5.74, 6) is 0. The minimum absolute atomic E-state index is 0. The summed E-state index contributed by atoms with van der Waals surface area (Å²) >= 11 is 0. The van der Waals surface area contributed by atoms with E-state index in [9.17, 15) is 4.79 Å². The molecule has 0 aliphatic carbocycles. The van der Waals surface area contributed by atoms with E-state index < -0.39 is 6.09 Å². The van der Waals surface area contributed by atoms with Crippen molar-refractivity contribution < 1.29 is 9.90 Å². The van der Waals surface area contributed by atoms with Crippen LogP contribution in [-0.2, 0) is 0 Å². The second-order valence-electron chi connectivity index (χ2n) is 3.63. The van der Waals surface area contributed by atoms with E-state index in [1.807, 2.05) is 0 Å². The van der Waals surface area contributed by atoms with Gasteiger partial charge in [-0.2, -0.15) is 0 Å². The third-order valence-corrected chi connectivity index (χ3v) is 2.80. The number of likely N-dealkylation sites (tertiary alicyclic amines) is 1. The lowest BCUT2D eigenvalue weighted by atomic mass is 10.1. The number of nitrogens with one attached hydrogen (secondary N) is 1. The van der Waals surface area contributed by atoms with Gasteiger partial charge in [-0.25, -0.2) is 4.79 Å². The van der Waals surface area contributed by atoms with Crippen LogP contribution in [0.1, 0.15) is 0 Å². The predicted molar refractivity (Wildman–Crippen MR) is 62.3 cm³/mol. The Morgan fingerprint density at radius 2 is 1.73 bits per heavy atom. The first kappa shape index (κ1) is 14.8. The molecule has 2 N–H and O–H groups in total. The molecular formula is C8H17Cl2N3O2. The molecule has 2 aliphatic heterocycles. The van der Waals surface area contributed by atoms with Crippen molar-refractivity contribution in [3.8, 4) is 0 Å². The SMILES string of the molecule is Cl.Cl.O=C(O)N1CC(N2CCNCC2)C1. The summed E-state index contributed by atoms with van der Waals surface area (Å²) in [6.45, 7) is 5.55. The van der Waals surface area contributed by atoms with E-state index in [0.29, 0.717) is 19.1 Å². The lowest BCUT2D eigenvalue weighted by Gasteiger charge is -2.45. The van der Waals surface area contributed by atoms with Crippen LogP contribution in [0.3, 0.4) is 0 Å². The number of hydrogen-bond acceptors (Lipinski definition) is 3. The van der Waals surface area contributed by atoms with Crippen LogP contribution in [0.2, 0.25) is 0 Å². The minimum atomic E-state index is -0.786. The van der Waals surface area contributed by atoms with Crippen molar-refractivity contribution in [2.24, 2.45) is 0 Å². The Kier molecular flexibility index (Phi) is 6.28. The molecule has 15 heavy (non-hydrogen) atoms. The quantitative estimate of drug-likeness (QED) is 0.700. The van der Waals surface area contributed by atoms with Crippen LogP contribution in [0.15, 0.2) is 0 Å². The Balaban J connectivity index is 0.000000980. The molecule has 2 saturated heterocycles. The highest BCUT2D eigenvalue weighted by atomic mass is 35.5. The van der Waals surface area contributed by atoms with E-state index >= 15 is 0 Å². The molecule has 0 aromatic carbocycles. The van der Waals surface area contributed by atoms with Crippen LogP contribution in [0.5, 0.6) is 0 Å². The molecule has 0 radical (unpaired) electrons. The molecule has 7 heteroatoms. The Morgan fingerprint density at radius 3 is 2.20 bits per heavy atom. The van der Waals surface area contributed by atoms with Gasteiger partial charge in [-0.3, -0.25) is 4.90 Å². The number of nitrogens with zero attached hydrogens (tertiary/aromatic N) is 2. The van der Waals surface area contributed by atoms with Gasteiger partial charge >= 0.3 is 6.09 Å². The standard InChI is InChI=1S/C8H15N3O2.2ClH/c12-8(13)11-5-7(6-11)10-3-1-9-2-4-10;;/h7,9H,1-6H2,(H,12,13);2*1H. The smallest absolute Gasteiger partial charge is 0.407 e. The highest BCUT2D eigenvalue weighted by Crippen LogP contribution is 2.14. The van der Waals surface area contributed by atoms with E-state index in [2.05, 4.69) is 10.2 Å². The average Bonchev–Trinajstić information content (AvgIpc) is 2.02. The van der Waals surface area contributed by atoms with Gasteiger partial charge in [0.25, 0.3) is 0 Å². The lowest BCUT2D eigenvalue weighted by Crippen LogP contribution is -2.63. The second-order valence-corrected chi connectivity index (χ2v) is 3.63. The predicted octanol–water partition coefficient (Wildman–Crippen LogP) is 0.0974. The molecule has 0 aromatic rings. The van der Waals surface area contributed by atoms with Gasteiger partial charge in [-0.05, 0) is 0 Å². The summed E-state index contributed by atoms with van der Waals surface area (Å²) in [5, 5.41) is 11.9. The Morgan fingerprint density at radius 1 is 1.20 bits per heavy atom. The van der Waals surface area contributed by atoms with Crippen LogP contribution in [0, 0.1) is 0 Å². The van der Waals surface area contributed by atoms with Gasteiger partial charge in [0, 0.05) is 45.3 Å². The first-order chi connectivity index (χ1) is 6.27. The molecule has 0 bridgehead atoms. The first-order valence-electron chi connectivity index (χ1n) is 4.70. The van der Waals surface area contributed by atoms with Crippen LogP contribution in [-0.4, -0.2) is 66.3 Å². The Labute approximate surface area is 102 Å². The molecule has 0 saturated carbocycles. The lowest BCUT2D eigenvalue weighted by molar-refractivity contribution is 0.0312. The number of rotatable bonds is 1. The van der Waals surface area contributed by atoms with Crippen molar-refractivity contribution >= 4 is 30.9 Å². The van der Waals surface area contributed by atoms with Gasteiger partial charge in [-0.1, -0.05) is 0 Å². The summed E-state index contributed by atoms with van der Waals surface area (Å²) in [6.07, 6.45) is -0.786. The third-order valence-electron chi connectivity index (χ3n) is 2.80. The molecule has 0 unspecified atom stereocenters. The third kappa shape index (κ3) is 3.38. The van der Waals surface area contributed by atoms with Gasteiger partial charge < -0.3 is 15.3 Å². The number of amides is 1. The maximum atomic E-state index is 10.5. The van der Waals surface area contributed by atoms with E-state index in [1.54, 1.807) is 0 Å². The Bertz CT molecular complexity index is 206. The molecule has 2 rings (SSSR count). The molecule has 2 heterocycles. The van der Waals surface area contributed by atoms with Crippen molar-refractivity contribution in [3.05, 3.63) is 0 Å². The zero-order valence-corrected chi connectivity index (χ0v) is 10.0. The number of piperazine rings is 1. The first-order valence-corrected chi connectivity index (χ1v) is 4.70. The normalized spacial score (nSPS) is 22.3. The maximum Gasteiger partial charge on any atom is 0.407 e. The zero-order valence-electron chi connectivity index (χ0n) is 8.39. The monoisotopic (exact) mass is 257 g/mol. The van der Waals surface area contributed by atoms with E-state index in [-0.39, 0.29) is 24.8 Å². The molecule has 2 aliphatic rings. The van der Waals surface area contributed by atoms with Gasteiger partial charge in [-0.15, -0.1) is 24.8 Å². The topological polar surface area (TPSA) is 55.8 Å². The molecule has 1 amide bonds. The van der Waals surface area contributed by atoms with Gasteiger partial charge in [0.15, 0.2) is 0 Å². The molecule has 0 aromatic heterocycles. The summed E-state index contributed by atoms with van der Waals surface area (Å²) in [5.41, 5.74) is 0. The maximum absolute atomic E-state index is 10.5. The van der Waals surface area contributed by atoms with Gasteiger partial charge in [0.2, 0.25) is 0 Å². The van der Waals surface area contributed by atoms with Crippen molar-refractivity contribution in [1.82, 2.24) is 15.1 Å². The van der Waals surface area contributed by atoms with Crippen molar-refractivity contribution in [3.63, 3.8) is 0 Å². The minimum Gasteiger partial charge on any atom is -0.465 e. The number of halogens is 2. The second kappa shape index (κ2) is 6.37. The van der Waals surface area contributed by atoms with Crippen LogP contribution < -0.4 is 5.32 Å². The zero-order chi connectivity index (χ0) is 9.26. The fraction of sp³-hybridized carbons (Fsp3) is 0.875. The van der Waals surface area contributed by atoms with Gasteiger partial charge in [0.05, 0.1) is 0 Å². The average molecular weight is 258 g/mol. The van der Waals surface area contributed by atoms with Crippen molar-refractivity contribution in [1.29, 1.82) is 0 Å². The summed E-state index contributed by atoms with van der Waals surface area (Å²) in [4.78, 5) is 14.3. The Hall–Kier alpha value is -0.230. The van der Waals surface area contributed by atoms with Crippen molar-refractivity contribution in [2.45, 2.75) is 6.04 Å². The van der Waals surface area contributed by atoms with E-state index in [0.717, 1.165) is 26.2 Å². The number of hydrogen-bond donors (Lipinski definition) is 2. The summed E-state index contributed by atoms with van der Waals surface area (Å²) in [6, 6.07) is 0.471. The fourth-order valence-electron chi connectivity index (χ4n) is 1.89. The molecule has 2 fully saturated rings. The molecule has 90 valence electrons. The van der Waals surface area contributed by atoms with E-state index in [1.165, 1.54) is 4.90 Å². The van der Waals surface area contributed by atoms with Crippen molar-refractivity contribution in [2.75, 3.05) is 39.3 Å². The van der Waals surface area contributed by atoms with Crippen LogP contribution in [0.4, 0.5) is 4.79 Å². The van der Waals surface area contributed by atoms with Gasteiger partial charge in [0.1, 0.15) is 0 Å².